The molecule has 7 heteroatoms. The Bertz CT molecular complexity index is 650. The van der Waals surface area contributed by atoms with Gasteiger partial charge in [-0.1, -0.05) is 12.1 Å². The SMILES string of the molecule is Cc1ncccc1OCC(=O)Nc1ccccc1OC(F)F. The molecule has 2 aromatic rings. The minimum Gasteiger partial charge on any atom is -0.482 e. The lowest BCUT2D eigenvalue weighted by Gasteiger charge is -2.12. The largest absolute Gasteiger partial charge is 0.482 e. The number of pyridine rings is 1. The van der Waals surface area contributed by atoms with Crippen molar-refractivity contribution in [1.82, 2.24) is 4.98 Å². The highest BCUT2D eigenvalue weighted by molar-refractivity contribution is 5.93. The van der Waals surface area contributed by atoms with Gasteiger partial charge >= 0.3 is 6.61 Å². The van der Waals surface area contributed by atoms with Crippen LogP contribution >= 0.6 is 0 Å². The standard InChI is InChI=1S/C15H14F2N2O3/c1-10-12(7-4-8-18-10)21-9-14(20)19-11-5-2-3-6-13(11)22-15(16)17/h2-8,15H,9H2,1H3,(H,19,20). The first kappa shape index (κ1) is 15.7. The molecule has 2 rings (SSSR count). The smallest absolute Gasteiger partial charge is 0.387 e. The van der Waals surface area contributed by atoms with Gasteiger partial charge in [-0.15, -0.1) is 0 Å². The zero-order valence-corrected chi connectivity index (χ0v) is 11.8. The highest BCUT2D eigenvalue weighted by atomic mass is 19.3. The second kappa shape index (κ2) is 7.35. The Balaban J connectivity index is 1.96. The second-order valence-corrected chi connectivity index (χ2v) is 4.30. The molecule has 0 aliphatic carbocycles. The third kappa shape index (κ3) is 4.41. The van der Waals surface area contributed by atoms with Crippen LogP contribution in [0.15, 0.2) is 42.6 Å². The van der Waals surface area contributed by atoms with Crippen molar-refractivity contribution in [3.63, 3.8) is 0 Å². The molecule has 0 saturated heterocycles. The lowest BCUT2D eigenvalue weighted by molar-refractivity contribution is -0.118. The molecule has 1 heterocycles. The Labute approximate surface area is 125 Å². The van der Waals surface area contributed by atoms with Crippen LogP contribution in [0.5, 0.6) is 11.5 Å². The summed E-state index contributed by atoms with van der Waals surface area (Å²) < 4.78 is 34.2. The summed E-state index contributed by atoms with van der Waals surface area (Å²) in [6.45, 7) is -1.48. The number of rotatable bonds is 6. The highest BCUT2D eigenvalue weighted by Crippen LogP contribution is 2.25. The van der Waals surface area contributed by atoms with Gasteiger partial charge in [-0.05, 0) is 31.2 Å². The molecular weight excluding hydrogens is 294 g/mol. The van der Waals surface area contributed by atoms with Gasteiger partial charge in [-0.25, -0.2) is 0 Å². The van der Waals surface area contributed by atoms with E-state index in [1.165, 1.54) is 18.2 Å². The zero-order chi connectivity index (χ0) is 15.9. The number of aromatic nitrogens is 1. The maximum absolute atomic E-state index is 12.3. The number of ether oxygens (including phenoxy) is 2. The van der Waals surface area contributed by atoms with Gasteiger partial charge in [-0.2, -0.15) is 8.78 Å². The number of hydrogen-bond acceptors (Lipinski definition) is 4. The molecule has 0 bridgehead atoms. The molecule has 0 radical (unpaired) electrons. The van der Waals surface area contributed by atoms with Crippen molar-refractivity contribution in [2.45, 2.75) is 13.5 Å². The van der Waals surface area contributed by atoms with Crippen molar-refractivity contribution in [2.24, 2.45) is 0 Å². The summed E-state index contributed by atoms with van der Waals surface area (Å²) >= 11 is 0. The number of anilines is 1. The number of benzene rings is 1. The Morgan fingerprint density at radius 2 is 1.95 bits per heavy atom. The Kier molecular flexibility index (Phi) is 5.24. The van der Waals surface area contributed by atoms with Crippen molar-refractivity contribution >= 4 is 11.6 Å². The normalized spacial score (nSPS) is 10.4. The van der Waals surface area contributed by atoms with E-state index >= 15 is 0 Å². The Morgan fingerprint density at radius 1 is 1.23 bits per heavy atom. The first-order valence-electron chi connectivity index (χ1n) is 6.44. The topological polar surface area (TPSA) is 60.5 Å². The molecular formula is C15H14F2N2O3. The number of nitrogens with one attached hydrogen (secondary N) is 1. The molecule has 22 heavy (non-hydrogen) atoms. The summed E-state index contributed by atoms with van der Waals surface area (Å²) in [7, 11) is 0. The fraction of sp³-hybridized carbons (Fsp3) is 0.200. The fourth-order valence-electron chi connectivity index (χ4n) is 1.72. The van der Waals surface area contributed by atoms with Crippen LogP contribution in [0.25, 0.3) is 0 Å². The van der Waals surface area contributed by atoms with Crippen LogP contribution in [0.4, 0.5) is 14.5 Å². The van der Waals surface area contributed by atoms with Crippen LogP contribution in [0.3, 0.4) is 0 Å². The summed E-state index contributed by atoms with van der Waals surface area (Å²) in [5.74, 6) is -0.119. The van der Waals surface area contributed by atoms with Crippen LogP contribution in [0.2, 0.25) is 0 Å². The summed E-state index contributed by atoms with van der Waals surface area (Å²) in [6, 6.07) is 9.30. The number of hydrogen-bond donors (Lipinski definition) is 1. The van der Waals surface area contributed by atoms with Crippen LogP contribution in [-0.2, 0) is 4.79 Å². The number of para-hydroxylation sites is 2. The maximum atomic E-state index is 12.3. The number of amides is 1. The average molecular weight is 308 g/mol. The molecule has 5 nitrogen and oxygen atoms in total. The Hall–Kier alpha value is -2.70. The van der Waals surface area contributed by atoms with Gasteiger partial charge in [0.05, 0.1) is 11.4 Å². The van der Waals surface area contributed by atoms with Crippen LogP contribution < -0.4 is 14.8 Å². The molecule has 116 valence electrons. The van der Waals surface area contributed by atoms with E-state index in [2.05, 4.69) is 15.0 Å². The van der Waals surface area contributed by atoms with E-state index in [9.17, 15) is 13.6 Å². The molecule has 0 saturated carbocycles. The van der Waals surface area contributed by atoms with E-state index in [0.717, 1.165) is 0 Å². The first-order valence-corrected chi connectivity index (χ1v) is 6.44. The number of halogens is 2. The minimum absolute atomic E-state index is 0.108. The van der Waals surface area contributed by atoms with Crippen molar-refractivity contribution in [1.29, 1.82) is 0 Å². The molecule has 1 amide bonds. The van der Waals surface area contributed by atoms with Gasteiger partial charge in [0.15, 0.2) is 6.61 Å². The highest BCUT2D eigenvalue weighted by Gasteiger charge is 2.12. The van der Waals surface area contributed by atoms with Gasteiger partial charge in [-0.3, -0.25) is 9.78 Å². The summed E-state index contributed by atoms with van der Waals surface area (Å²) in [5, 5.41) is 2.46. The van der Waals surface area contributed by atoms with Crippen molar-refractivity contribution in [2.75, 3.05) is 11.9 Å². The first-order chi connectivity index (χ1) is 10.6. The van der Waals surface area contributed by atoms with Crippen LogP contribution in [-0.4, -0.2) is 24.1 Å². The number of carbonyl (C=O) groups excluding carboxylic acids is 1. The van der Waals surface area contributed by atoms with E-state index in [1.807, 2.05) is 0 Å². The van der Waals surface area contributed by atoms with Gasteiger partial charge in [0.1, 0.15) is 11.5 Å². The molecule has 0 aliphatic heterocycles. The second-order valence-electron chi connectivity index (χ2n) is 4.30. The zero-order valence-electron chi connectivity index (χ0n) is 11.8. The van der Waals surface area contributed by atoms with E-state index < -0.39 is 12.5 Å². The average Bonchev–Trinajstić information content (AvgIpc) is 2.48. The number of nitrogens with zero attached hydrogens (tertiary/aromatic N) is 1. The summed E-state index contributed by atoms with van der Waals surface area (Å²) in [4.78, 5) is 15.9. The lowest BCUT2D eigenvalue weighted by Crippen LogP contribution is -2.21. The van der Waals surface area contributed by atoms with Gasteiger partial charge in [0.25, 0.3) is 5.91 Å². The van der Waals surface area contributed by atoms with E-state index in [0.29, 0.717) is 11.4 Å². The predicted molar refractivity (Wildman–Crippen MR) is 76.2 cm³/mol. The Morgan fingerprint density at radius 3 is 2.68 bits per heavy atom. The van der Waals surface area contributed by atoms with Gasteiger partial charge < -0.3 is 14.8 Å². The molecule has 0 aliphatic rings. The van der Waals surface area contributed by atoms with Gasteiger partial charge in [0, 0.05) is 6.20 Å². The minimum atomic E-state index is -2.97. The molecule has 0 unspecified atom stereocenters. The van der Waals surface area contributed by atoms with Crippen molar-refractivity contribution in [3.8, 4) is 11.5 Å². The number of carbonyl (C=O) groups is 1. The van der Waals surface area contributed by atoms with Crippen LogP contribution in [0, 0.1) is 6.92 Å². The molecule has 1 aromatic heterocycles. The van der Waals surface area contributed by atoms with E-state index in [1.54, 1.807) is 31.3 Å². The van der Waals surface area contributed by atoms with Crippen molar-refractivity contribution in [3.05, 3.63) is 48.3 Å². The molecule has 1 N–H and O–H groups in total. The maximum Gasteiger partial charge on any atom is 0.387 e. The van der Waals surface area contributed by atoms with E-state index in [4.69, 9.17) is 4.74 Å². The van der Waals surface area contributed by atoms with Crippen LogP contribution in [0.1, 0.15) is 5.69 Å². The van der Waals surface area contributed by atoms with Crippen molar-refractivity contribution < 1.29 is 23.0 Å². The predicted octanol–water partition coefficient (Wildman–Crippen LogP) is 3.01. The lowest BCUT2D eigenvalue weighted by atomic mass is 10.3. The molecule has 1 aromatic carbocycles. The molecule has 0 spiro atoms. The fourth-order valence-corrected chi connectivity index (χ4v) is 1.72. The quantitative estimate of drug-likeness (QED) is 0.891. The van der Waals surface area contributed by atoms with Gasteiger partial charge in [0.2, 0.25) is 0 Å². The number of aryl methyl sites for hydroxylation is 1. The monoisotopic (exact) mass is 308 g/mol. The summed E-state index contributed by atoms with van der Waals surface area (Å²) in [6.07, 6.45) is 1.61. The third-order valence-corrected chi connectivity index (χ3v) is 2.69. The third-order valence-electron chi connectivity index (χ3n) is 2.69. The molecule has 0 atom stereocenters. The number of alkyl halides is 2. The molecule has 0 fully saturated rings. The van der Waals surface area contributed by atoms with E-state index in [-0.39, 0.29) is 18.0 Å². The summed E-state index contributed by atoms with van der Waals surface area (Å²) in [5.41, 5.74) is 0.802.